The molecule has 16 heavy (non-hydrogen) atoms. The maximum absolute atomic E-state index is 8.69. The van der Waals surface area contributed by atoms with E-state index in [1.807, 2.05) is 28.8 Å². The molecule has 78 valence electrons. The van der Waals surface area contributed by atoms with Crippen molar-refractivity contribution in [1.29, 1.82) is 5.26 Å². The van der Waals surface area contributed by atoms with Crippen molar-refractivity contribution in [2.24, 2.45) is 0 Å². The van der Waals surface area contributed by atoms with Crippen molar-refractivity contribution in [2.45, 2.75) is 6.54 Å². The lowest BCUT2D eigenvalue weighted by Crippen LogP contribution is -1.99. The third-order valence-corrected chi connectivity index (χ3v) is 2.39. The number of nitrogens with zero attached hydrogens (tertiary/aromatic N) is 3. The van der Waals surface area contributed by atoms with Gasteiger partial charge in [-0.2, -0.15) is 5.26 Å². The van der Waals surface area contributed by atoms with Crippen molar-refractivity contribution >= 4 is 6.08 Å². The summed E-state index contributed by atoms with van der Waals surface area (Å²) in [6, 6.07) is 9.64. The van der Waals surface area contributed by atoms with E-state index in [0.29, 0.717) is 5.56 Å². The van der Waals surface area contributed by atoms with Gasteiger partial charge in [0.15, 0.2) is 0 Å². The predicted octanol–water partition coefficient (Wildman–Crippen LogP) is 2.45. The van der Waals surface area contributed by atoms with Crippen LogP contribution in [-0.2, 0) is 6.54 Å². The molecule has 0 fully saturated rings. The molecular formula is C13H11N3. The Labute approximate surface area is 94.3 Å². The second kappa shape index (κ2) is 4.45. The van der Waals surface area contributed by atoms with Crippen LogP contribution < -0.4 is 0 Å². The highest BCUT2D eigenvalue weighted by molar-refractivity contribution is 5.41. The van der Waals surface area contributed by atoms with E-state index in [4.69, 9.17) is 5.26 Å². The second-order valence-corrected chi connectivity index (χ2v) is 3.46. The second-order valence-electron chi connectivity index (χ2n) is 3.46. The number of rotatable bonds is 3. The molecule has 3 nitrogen and oxygen atoms in total. The van der Waals surface area contributed by atoms with E-state index >= 15 is 0 Å². The fraction of sp³-hybridized carbons (Fsp3) is 0.0769. The van der Waals surface area contributed by atoms with E-state index in [1.54, 1.807) is 18.6 Å². The Morgan fingerprint density at radius 1 is 1.38 bits per heavy atom. The maximum Gasteiger partial charge on any atom is 0.0991 e. The normalized spacial score (nSPS) is 9.69. The molecule has 0 aliphatic rings. The summed E-state index contributed by atoms with van der Waals surface area (Å²) in [6.45, 7) is 4.47. The van der Waals surface area contributed by atoms with Crippen LogP contribution in [0.4, 0.5) is 0 Å². The van der Waals surface area contributed by atoms with Crippen LogP contribution >= 0.6 is 0 Å². The van der Waals surface area contributed by atoms with E-state index < -0.39 is 0 Å². The smallest absolute Gasteiger partial charge is 0.0991 e. The van der Waals surface area contributed by atoms with E-state index in [0.717, 1.165) is 17.8 Å². The van der Waals surface area contributed by atoms with E-state index in [1.165, 1.54) is 0 Å². The van der Waals surface area contributed by atoms with Gasteiger partial charge < -0.3 is 4.57 Å². The van der Waals surface area contributed by atoms with Crippen LogP contribution in [0.25, 0.3) is 6.08 Å². The number of nitriles is 1. The van der Waals surface area contributed by atoms with Gasteiger partial charge >= 0.3 is 0 Å². The SMILES string of the molecule is C=Cc1cncn1Cc1ccc(C#N)cc1. The zero-order chi connectivity index (χ0) is 11.4. The Morgan fingerprint density at radius 3 is 2.75 bits per heavy atom. The molecule has 0 saturated carbocycles. The Bertz CT molecular complexity index is 529. The van der Waals surface area contributed by atoms with Crippen LogP contribution in [0.1, 0.15) is 16.8 Å². The van der Waals surface area contributed by atoms with Gasteiger partial charge in [0.2, 0.25) is 0 Å². The summed E-state index contributed by atoms with van der Waals surface area (Å²) in [5.41, 5.74) is 2.81. The molecule has 1 heterocycles. The largest absolute Gasteiger partial charge is 0.327 e. The first-order valence-electron chi connectivity index (χ1n) is 4.95. The van der Waals surface area contributed by atoms with Crippen molar-refractivity contribution in [2.75, 3.05) is 0 Å². The third-order valence-electron chi connectivity index (χ3n) is 2.39. The first kappa shape index (κ1) is 10.2. The maximum atomic E-state index is 8.69. The van der Waals surface area contributed by atoms with Crippen molar-refractivity contribution in [3.63, 3.8) is 0 Å². The van der Waals surface area contributed by atoms with Crippen LogP contribution in [0.2, 0.25) is 0 Å². The minimum Gasteiger partial charge on any atom is -0.327 e. The molecule has 0 saturated heterocycles. The van der Waals surface area contributed by atoms with E-state index in [-0.39, 0.29) is 0 Å². The van der Waals surface area contributed by atoms with Gasteiger partial charge in [-0.15, -0.1) is 0 Å². The topological polar surface area (TPSA) is 41.6 Å². The van der Waals surface area contributed by atoms with Crippen LogP contribution in [-0.4, -0.2) is 9.55 Å². The van der Waals surface area contributed by atoms with Crippen LogP contribution in [0, 0.1) is 11.3 Å². The zero-order valence-electron chi connectivity index (χ0n) is 8.80. The van der Waals surface area contributed by atoms with E-state index in [9.17, 15) is 0 Å². The average molecular weight is 209 g/mol. The molecule has 0 bridgehead atoms. The molecule has 3 heteroatoms. The Hall–Kier alpha value is -2.34. The fourth-order valence-corrected chi connectivity index (χ4v) is 1.51. The molecule has 0 unspecified atom stereocenters. The predicted molar refractivity (Wildman–Crippen MR) is 62.6 cm³/mol. The van der Waals surface area contributed by atoms with Gasteiger partial charge in [0.05, 0.1) is 29.9 Å². The van der Waals surface area contributed by atoms with Crippen molar-refractivity contribution in [1.82, 2.24) is 9.55 Å². The average Bonchev–Trinajstić information content (AvgIpc) is 2.77. The standard InChI is InChI=1S/C13H11N3/c1-2-13-8-15-10-16(13)9-12-5-3-11(7-14)4-6-12/h2-6,8,10H,1,9H2. The molecule has 2 aromatic rings. The van der Waals surface area contributed by atoms with Crippen LogP contribution in [0.3, 0.4) is 0 Å². The third kappa shape index (κ3) is 2.01. The summed E-state index contributed by atoms with van der Waals surface area (Å²) in [6.07, 6.45) is 5.32. The molecule has 1 aromatic carbocycles. The van der Waals surface area contributed by atoms with Gasteiger partial charge in [-0.25, -0.2) is 4.98 Å². The molecular weight excluding hydrogens is 198 g/mol. The highest BCUT2D eigenvalue weighted by Gasteiger charge is 1.99. The van der Waals surface area contributed by atoms with Crippen molar-refractivity contribution in [3.8, 4) is 6.07 Å². The summed E-state index contributed by atoms with van der Waals surface area (Å²) in [7, 11) is 0. The number of aromatic nitrogens is 2. The quantitative estimate of drug-likeness (QED) is 0.779. The molecule has 0 atom stereocenters. The first-order chi connectivity index (χ1) is 7.83. The van der Waals surface area contributed by atoms with Gasteiger partial charge in [0.1, 0.15) is 0 Å². The minimum atomic E-state index is 0.679. The van der Waals surface area contributed by atoms with Gasteiger partial charge in [0, 0.05) is 6.54 Å². The summed E-state index contributed by atoms with van der Waals surface area (Å²) < 4.78 is 2.01. The van der Waals surface area contributed by atoms with Crippen LogP contribution in [0.15, 0.2) is 43.4 Å². The molecule has 1 aromatic heterocycles. The van der Waals surface area contributed by atoms with Gasteiger partial charge in [-0.3, -0.25) is 0 Å². The van der Waals surface area contributed by atoms with Gasteiger partial charge in [-0.05, 0) is 23.8 Å². The molecule has 0 aliphatic carbocycles. The minimum absolute atomic E-state index is 0.679. The van der Waals surface area contributed by atoms with Crippen LogP contribution in [0.5, 0.6) is 0 Å². The number of hydrogen-bond donors (Lipinski definition) is 0. The molecule has 0 aliphatic heterocycles. The van der Waals surface area contributed by atoms with Gasteiger partial charge in [-0.1, -0.05) is 18.7 Å². The van der Waals surface area contributed by atoms with Crippen molar-refractivity contribution < 1.29 is 0 Å². The molecule has 0 amide bonds. The Morgan fingerprint density at radius 2 is 2.12 bits per heavy atom. The van der Waals surface area contributed by atoms with Crippen molar-refractivity contribution in [3.05, 3.63) is 60.2 Å². The Balaban J connectivity index is 2.21. The van der Waals surface area contributed by atoms with E-state index in [2.05, 4.69) is 17.6 Å². The van der Waals surface area contributed by atoms with Gasteiger partial charge in [0.25, 0.3) is 0 Å². The highest BCUT2D eigenvalue weighted by Crippen LogP contribution is 2.08. The molecule has 2 rings (SSSR count). The fourth-order valence-electron chi connectivity index (χ4n) is 1.51. The molecule has 0 spiro atoms. The highest BCUT2D eigenvalue weighted by atomic mass is 15.0. The monoisotopic (exact) mass is 209 g/mol. The number of benzene rings is 1. The number of hydrogen-bond acceptors (Lipinski definition) is 2. The lowest BCUT2D eigenvalue weighted by atomic mass is 10.1. The Kier molecular flexibility index (Phi) is 2.84. The lowest BCUT2D eigenvalue weighted by Gasteiger charge is -2.05. The summed E-state index contributed by atoms with van der Waals surface area (Å²) in [4.78, 5) is 4.06. The lowest BCUT2D eigenvalue weighted by molar-refractivity contribution is 0.789. The molecule has 0 radical (unpaired) electrons. The summed E-state index contributed by atoms with van der Waals surface area (Å²) in [5, 5.41) is 8.69. The molecule has 0 N–H and O–H groups in total. The zero-order valence-corrected chi connectivity index (χ0v) is 8.80. The summed E-state index contributed by atoms with van der Waals surface area (Å²) in [5.74, 6) is 0. The number of imidazole rings is 1. The summed E-state index contributed by atoms with van der Waals surface area (Å²) >= 11 is 0. The first-order valence-corrected chi connectivity index (χ1v) is 4.95.